The summed E-state index contributed by atoms with van der Waals surface area (Å²) in [4.78, 5) is 25.2. The summed E-state index contributed by atoms with van der Waals surface area (Å²) in [6.45, 7) is 6.28. The molecule has 0 aliphatic rings. The van der Waals surface area contributed by atoms with Crippen LogP contribution in [-0.4, -0.2) is 24.9 Å². The first-order valence-electron chi connectivity index (χ1n) is 7.26. The van der Waals surface area contributed by atoms with Crippen LogP contribution >= 0.6 is 15.9 Å². The number of carbonyl (C=O) groups is 2. The van der Waals surface area contributed by atoms with Gasteiger partial charge in [-0.25, -0.2) is 0 Å². The van der Waals surface area contributed by atoms with Crippen molar-refractivity contribution in [2.45, 2.75) is 40.0 Å². The normalized spacial score (nSPS) is 10.3. The van der Waals surface area contributed by atoms with E-state index in [0.29, 0.717) is 6.54 Å². The van der Waals surface area contributed by atoms with E-state index in [0.717, 1.165) is 35.0 Å². The lowest BCUT2D eigenvalue weighted by atomic mass is 10.2. The molecule has 0 saturated heterocycles. The SMILES string of the molecule is CCCCCNC(=O)CN(C(C)=O)c1ccc(C)c(Br)c1. The van der Waals surface area contributed by atoms with E-state index in [2.05, 4.69) is 28.2 Å². The van der Waals surface area contributed by atoms with Crippen LogP contribution in [0.2, 0.25) is 0 Å². The Hall–Kier alpha value is -1.36. The lowest BCUT2D eigenvalue weighted by Gasteiger charge is -2.21. The van der Waals surface area contributed by atoms with E-state index >= 15 is 0 Å². The maximum Gasteiger partial charge on any atom is 0.240 e. The molecule has 4 nitrogen and oxygen atoms in total. The van der Waals surface area contributed by atoms with Crippen LogP contribution in [-0.2, 0) is 9.59 Å². The highest BCUT2D eigenvalue weighted by Gasteiger charge is 2.16. The van der Waals surface area contributed by atoms with Gasteiger partial charge < -0.3 is 10.2 Å². The van der Waals surface area contributed by atoms with E-state index in [1.807, 2.05) is 25.1 Å². The van der Waals surface area contributed by atoms with Crippen LogP contribution in [0.15, 0.2) is 22.7 Å². The highest BCUT2D eigenvalue weighted by molar-refractivity contribution is 9.10. The number of hydrogen-bond donors (Lipinski definition) is 1. The van der Waals surface area contributed by atoms with E-state index in [1.165, 1.54) is 11.8 Å². The molecule has 0 radical (unpaired) electrons. The Morgan fingerprint density at radius 1 is 1.29 bits per heavy atom. The van der Waals surface area contributed by atoms with Gasteiger partial charge in [-0.15, -0.1) is 0 Å². The molecular formula is C16H23BrN2O2. The molecular weight excluding hydrogens is 332 g/mol. The largest absolute Gasteiger partial charge is 0.355 e. The average Bonchev–Trinajstić information content (AvgIpc) is 2.44. The number of benzene rings is 1. The maximum atomic E-state index is 11.9. The average molecular weight is 355 g/mol. The number of nitrogens with zero attached hydrogens (tertiary/aromatic N) is 1. The molecule has 0 aromatic heterocycles. The van der Waals surface area contributed by atoms with Gasteiger partial charge in [0, 0.05) is 23.6 Å². The van der Waals surface area contributed by atoms with Crippen molar-refractivity contribution >= 4 is 33.4 Å². The molecule has 2 amide bonds. The van der Waals surface area contributed by atoms with E-state index < -0.39 is 0 Å². The second-order valence-electron chi connectivity index (χ2n) is 5.10. The number of nitrogens with one attached hydrogen (secondary N) is 1. The predicted molar refractivity (Wildman–Crippen MR) is 89.4 cm³/mol. The first-order valence-corrected chi connectivity index (χ1v) is 8.06. The van der Waals surface area contributed by atoms with Gasteiger partial charge in [0.15, 0.2) is 0 Å². The molecule has 1 aromatic carbocycles. The Bertz CT molecular complexity index is 503. The summed E-state index contributed by atoms with van der Waals surface area (Å²) in [6, 6.07) is 5.64. The Kier molecular flexibility index (Phi) is 7.43. The zero-order valence-electron chi connectivity index (χ0n) is 12.9. The van der Waals surface area contributed by atoms with Crippen LogP contribution in [0.4, 0.5) is 5.69 Å². The summed E-state index contributed by atoms with van der Waals surface area (Å²) in [6.07, 6.45) is 3.19. The van der Waals surface area contributed by atoms with Crippen LogP contribution in [0, 0.1) is 6.92 Å². The molecule has 21 heavy (non-hydrogen) atoms. The molecule has 1 N–H and O–H groups in total. The fourth-order valence-corrected chi connectivity index (χ4v) is 2.30. The van der Waals surface area contributed by atoms with Gasteiger partial charge in [-0.05, 0) is 31.0 Å². The van der Waals surface area contributed by atoms with Crippen molar-refractivity contribution in [1.29, 1.82) is 0 Å². The number of amides is 2. The molecule has 0 saturated carbocycles. The van der Waals surface area contributed by atoms with Crippen LogP contribution in [0.1, 0.15) is 38.7 Å². The second kappa shape index (κ2) is 8.82. The second-order valence-corrected chi connectivity index (χ2v) is 5.95. The van der Waals surface area contributed by atoms with Crippen molar-refractivity contribution in [2.24, 2.45) is 0 Å². The van der Waals surface area contributed by atoms with Crippen LogP contribution in [0.5, 0.6) is 0 Å². The lowest BCUT2D eigenvalue weighted by molar-refractivity contribution is -0.123. The van der Waals surface area contributed by atoms with Gasteiger partial charge in [-0.2, -0.15) is 0 Å². The van der Waals surface area contributed by atoms with Crippen molar-refractivity contribution in [2.75, 3.05) is 18.0 Å². The smallest absolute Gasteiger partial charge is 0.240 e. The highest BCUT2D eigenvalue weighted by Crippen LogP contribution is 2.23. The number of hydrogen-bond acceptors (Lipinski definition) is 2. The van der Waals surface area contributed by atoms with Gasteiger partial charge in [-0.1, -0.05) is 41.8 Å². The Balaban J connectivity index is 2.67. The Labute approximate surface area is 135 Å². The van der Waals surface area contributed by atoms with E-state index in [-0.39, 0.29) is 18.4 Å². The number of unbranched alkanes of at least 4 members (excludes halogenated alkanes) is 2. The fraction of sp³-hybridized carbons (Fsp3) is 0.500. The van der Waals surface area contributed by atoms with Crippen LogP contribution < -0.4 is 10.2 Å². The summed E-state index contributed by atoms with van der Waals surface area (Å²) in [5.41, 5.74) is 1.81. The third kappa shape index (κ3) is 5.87. The van der Waals surface area contributed by atoms with E-state index in [9.17, 15) is 9.59 Å². The Morgan fingerprint density at radius 3 is 2.57 bits per heavy atom. The number of halogens is 1. The molecule has 0 aliphatic heterocycles. The standard InChI is InChI=1S/C16H23BrN2O2/c1-4-5-6-9-18-16(21)11-19(13(3)20)14-8-7-12(2)15(17)10-14/h7-8,10H,4-6,9,11H2,1-3H3,(H,18,21). The predicted octanol–water partition coefficient (Wildman–Crippen LogP) is 3.42. The molecule has 0 spiro atoms. The summed E-state index contributed by atoms with van der Waals surface area (Å²) in [7, 11) is 0. The molecule has 116 valence electrons. The zero-order chi connectivity index (χ0) is 15.8. The molecule has 0 fully saturated rings. The number of aryl methyl sites for hydroxylation is 1. The van der Waals surface area contributed by atoms with Crippen molar-refractivity contribution in [3.05, 3.63) is 28.2 Å². The number of carbonyl (C=O) groups excluding carboxylic acids is 2. The molecule has 1 aromatic rings. The van der Waals surface area contributed by atoms with Gasteiger partial charge in [0.2, 0.25) is 11.8 Å². The van der Waals surface area contributed by atoms with Gasteiger partial charge in [0.05, 0.1) is 0 Å². The van der Waals surface area contributed by atoms with E-state index in [4.69, 9.17) is 0 Å². The van der Waals surface area contributed by atoms with Crippen LogP contribution in [0.25, 0.3) is 0 Å². The summed E-state index contributed by atoms with van der Waals surface area (Å²) < 4.78 is 0.926. The van der Waals surface area contributed by atoms with E-state index in [1.54, 1.807) is 0 Å². The highest BCUT2D eigenvalue weighted by atomic mass is 79.9. The first kappa shape index (κ1) is 17.7. The molecule has 0 bridgehead atoms. The minimum atomic E-state index is -0.144. The van der Waals surface area contributed by atoms with Crippen LogP contribution in [0.3, 0.4) is 0 Å². The molecule has 0 atom stereocenters. The maximum absolute atomic E-state index is 11.9. The van der Waals surface area contributed by atoms with Gasteiger partial charge in [0.1, 0.15) is 6.54 Å². The topological polar surface area (TPSA) is 49.4 Å². The van der Waals surface area contributed by atoms with Crippen molar-refractivity contribution in [1.82, 2.24) is 5.32 Å². The van der Waals surface area contributed by atoms with Gasteiger partial charge in [-0.3, -0.25) is 9.59 Å². The number of rotatable bonds is 7. The quantitative estimate of drug-likeness (QED) is 0.762. The zero-order valence-corrected chi connectivity index (χ0v) is 14.5. The molecule has 1 rings (SSSR count). The first-order chi connectivity index (χ1) is 9.95. The minimum Gasteiger partial charge on any atom is -0.355 e. The third-order valence-corrected chi connectivity index (χ3v) is 4.11. The lowest BCUT2D eigenvalue weighted by Crippen LogP contribution is -2.40. The summed E-state index contributed by atoms with van der Waals surface area (Å²) in [5.74, 6) is -0.271. The monoisotopic (exact) mass is 354 g/mol. The van der Waals surface area contributed by atoms with Crippen molar-refractivity contribution in [3.8, 4) is 0 Å². The molecule has 0 unspecified atom stereocenters. The van der Waals surface area contributed by atoms with Gasteiger partial charge >= 0.3 is 0 Å². The third-order valence-electron chi connectivity index (χ3n) is 3.25. The summed E-state index contributed by atoms with van der Waals surface area (Å²) in [5, 5.41) is 2.85. The number of anilines is 1. The van der Waals surface area contributed by atoms with Crippen molar-refractivity contribution < 1.29 is 9.59 Å². The molecule has 0 aliphatic carbocycles. The minimum absolute atomic E-state index is 0.0525. The van der Waals surface area contributed by atoms with Crippen molar-refractivity contribution in [3.63, 3.8) is 0 Å². The van der Waals surface area contributed by atoms with Gasteiger partial charge in [0.25, 0.3) is 0 Å². The fourth-order valence-electron chi connectivity index (χ4n) is 1.94. The molecule has 0 heterocycles. The Morgan fingerprint density at radius 2 is 2.00 bits per heavy atom. The molecule has 5 heteroatoms. The summed E-state index contributed by atoms with van der Waals surface area (Å²) >= 11 is 3.45.